The number of fused-ring (bicyclic) bond motifs is 1. The lowest BCUT2D eigenvalue weighted by Crippen LogP contribution is -2.11. The van der Waals surface area contributed by atoms with Gasteiger partial charge in [0.25, 0.3) is 0 Å². The second-order valence-corrected chi connectivity index (χ2v) is 5.00. The van der Waals surface area contributed by atoms with E-state index >= 15 is 0 Å². The number of hydrogen-bond acceptors (Lipinski definition) is 3. The SMILES string of the molecule is CC(C)OCCOc1ccc2cc(C#CCN)ccc2c1. The van der Waals surface area contributed by atoms with Gasteiger partial charge in [0.15, 0.2) is 0 Å². The molecule has 3 nitrogen and oxygen atoms in total. The van der Waals surface area contributed by atoms with E-state index in [1.54, 1.807) is 0 Å². The summed E-state index contributed by atoms with van der Waals surface area (Å²) in [7, 11) is 0. The van der Waals surface area contributed by atoms with Crippen LogP contribution in [-0.2, 0) is 4.74 Å². The minimum atomic E-state index is 0.234. The van der Waals surface area contributed by atoms with Crippen LogP contribution in [0.2, 0.25) is 0 Å². The first kappa shape index (κ1) is 15.4. The summed E-state index contributed by atoms with van der Waals surface area (Å²) in [5.74, 6) is 6.76. The van der Waals surface area contributed by atoms with Crippen molar-refractivity contribution in [2.45, 2.75) is 20.0 Å². The monoisotopic (exact) mass is 283 g/mol. The van der Waals surface area contributed by atoms with Crippen LogP contribution in [-0.4, -0.2) is 25.9 Å². The summed E-state index contributed by atoms with van der Waals surface area (Å²) >= 11 is 0. The summed E-state index contributed by atoms with van der Waals surface area (Å²) in [5, 5.41) is 2.28. The van der Waals surface area contributed by atoms with E-state index in [1.165, 1.54) is 0 Å². The fourth-order valence-electron chi connectivity index (χ4n) is 1.99. The van der Waals surface area contributed by atoms with E-state index < -0.39 is 0 Å². The second-order valence-electron chi connectivity index (χ2n) is 5.00. The predicted molar refractivity (Wildman–Crippen MR) is 86.5 cm³/mol. The molecule has 2 rings (SSSR count). The highest BCUT2D eigenvalue weighted by Crippen LogP contribution is 2.22. The van der Waals surface area contributed by atoms with Gasteiger partial charge in [-0.15, -0.1) is 0 Å². The van der Waals surface area contributed by atoms with Crippen LogP contribution < -0.4 is 10.5 Å². The van der Waals surface area contributed by atoms with Gasteiger partial charge in [-0.2, -0.15) is 0 Å². The standard InChI is InChI=1S/C18H21NO2/c1-14(2)20-10-11-21-18-8-7-16-12-15(4-3-9-19)5-6-17(16)13-18/h5-8,12-14H,9-11,19H2,1-2H3. The number of rotatable bonds is 5. The first-order chi connectivity index (χ1) is 10.2. The predicted octanol–water partition coefficient (Wildman–Crippen LogP) is 2.95. The maximum absolute atomic E-state index is 5.69. The zero-order valence-electron chi connectivity index (χ0n) is 12.6. The van der Waals surface area contributed by atoms with Gasteiger partial charge < -0.3 is 15.2 Å². The zero-order valence-corrected chi connectivity index (χ0v) is 12.6. The average Bonchev–Trinajstić information content (AvgIpc) is 2.49. The molecule has 3 heteroatoms. The molecule has 0 heterocycles. The smallest absolute Gasteiger partial charge is 0.120 e. The minimum absolute atomic E-state index is 0.234. The Labute approximate surface area is 126 Å². The molecule has 0 radical (unpaired) electrons. The van der Waals surface area contributed by atoms with E-state index in [0.29, 0.717) is 19.8 Å². The lowest BCUT2D eigenvalue weighted by atomic mass is 10.1. The number of nitrogens with two attached hydrogens (primary N) is 1. The van der Waals surface area contributed by atoms with Crippen molar-refractivity contribution in [1.29, 1.82) is 0 Å². The van der Waals surface area contributed by atoms with Crippen LogP contribution in [0.4, 0.5) is 0 Å². The molecule has 0 spiro atoms. The maximum Gasteiger partial charge on any atom is 0.120 e. The maximum atomic E-state index is 5.69. The highest BCUT2D eigenvalue weighted by atomic mass is 16.5. The summed E-state index contributed by atoms with van der Waals surface area (Å²) in [6.07, 6.45) is 0.234. The lowest BCUT2D eigenvalue weighted by molar-refractivity contribution is 0.0553. The summed E-state index contributed by atoms with van der Waals surface area (Å²) in [6, 6.07) is 12.2. The van der Waals surface area contributed by atoms with Crippen molar-refractivity contribution < 1.29 is 9.47 Å². The van der Waals surface area contributed by atoms with Crippen molar-refractivity contribution in [1.82, 2.24) is 0 Å². The molecule has 0 saturated carbocycles. The van der Waals surface area contributed by atoms with Crippen LogP contribution in [0.25, 0.3) is 10.8 Å². The fraction of sp³-hybridized carbons (Fsp3) is 0.333. The molecule has 2 N–H and O–H groups in total. The van der Waals surface area contributed by atoms with Crippen LogP contribution in [0.5, 0.6) is 5.75 Å². The van der Waals surface area contributed by atoms with Crippen LogP contribution >= 0.6 is 0 Å². The van der Waals surface area contributed by atoms with Crippen molar-refractivity contribution >= 4 is 10.8 Å². The van der Waals surface area contributed by atoms with Crippen molar-refractivity contribution in [2.24, 2.45) is 5.73 Å². The average molecular weight is 283 g/mol. The molecule has 0 aromatic heterocycles. The molecule has 0 aliphatic heterocycles. The Bertz CT molecular complexity index is 653. The van der Waals surface area contributed by atoms with Crippen molar-refractivity contribution in [2.75, 3.05) is 19.8 Å². The van der Waals surface area contributed by atoms with E-state index in [1.807, 2.05) is 44.2 Å². The Balaban J connectivity index is 2.04. The number of benzene rings is 2. The quantitative estimate of drug-likeness (QED) is 0.678. The molecular weight excluding hydrogens is 262 g/mol. The summed E-state index contributed by atoms with van der Waals surface area (Å²) in [6.45, 7) is 5.57. The molecule has 2 aromatic carbocycles. The van der Waals surface area contributed by atoms with Crippen LogP contribution in [0.3, 0.4) is 0 Å². The van der Waals surface area contributed by atoms with Crippen molar-refractivity contribution in [3.8, 4) is 17.6 Å². The van der Waals surface area contributed by atoms with Gasteiger partial charge in [0.2, 0.25) is 0 Å². The third kappa shape index (κ3) is 4.78. The van der Waals surface area contributed by atoms with Crippen molar-refractivity contribution in [3.63, 3.8) is 0 Å². The molecule has 0 bridgehead atoms. The van der Waals surface area contributed by atoms with Gasteiger partial charge in [-0.05, 0) is 48.9 Å². The Kier molecular flexibility index (Phi) is 5.62. The van der Waals surface area contributed by atoms with Gasteiger partial charge in [0.05, 0.1) is 19.3 Å². The molecule has 0 fully saturated rings. The van der Waals surface area contributed by atoms with Gasteiger partial charge in [0.1, 0.15) is 12.4 Å². The van der Waals surface area contributed by atoms with E-state index in [9.17, 15) is 0 Å². The molecule has 0 saturated heterocycles. The summed E-state index contributed by atoms with van der Waals surface area (Å²) < 4.78 is 11.1. The molecule has 110 valence electrons. The van der Waals surface area contributed by atoms with Gasteiger partial charge in [-0.1, -0.05) is 24.0 Å². The van der Waals surface area contributed by atoms with Gasteiger partial charge >= 0.3 is 0 Å². The normalized spacial score (nSPS) is 10.5. The highest BCUT2D eigenvalue weighted by molar-refractivity contribution is 5.85. The Morgan fingerprint density at radius 1 is 1.05 bits per heavy atom. The topological polar surface area (TPSA) is 44.5 Å². The highest BCUT2D eigenvalue weighted by Gasteiger charge is 1.99. The molecular formula is C18H21NO2. The molecule has 0 amide bonds. The van der Waals surface area contributed by atoms with E-state index in [4.69, 9.17) is 15.2 Å². The largest absolute Gasteiger partial charge is 0.491 e. The van der Waals surface area contributed by atoms with E-state index in [0.717, 1.165) is 22.1 Å². The zero-order chi connectivity index (χ0) is 15.1. The first-order valence-electron chi connectivity index (χ1n) is 7.16. The van der Waals surface area contributed by atoms with Crippen LogP contribution in [0, 0.1) is 11.8 Å². The van der Waals surface area contributed by atoms with E-state index in [-0.39, 0.29) is 6.10 Å². The van der Waals surface area contributed by atoms with Gasteiger partial charge in [-0.3, -0.25) is 0 Å². The molecule has 21 heavy (non-hydrogen) atoms. The first-order valence-corrected chi connectivity index (χ1v) is 7.16. The minimum Gasteiger partial charge on any atom is -0.491 e. The van der Waals surface area contributed by atoms with Crippen LogP contribution in [0.15, 0.2) is 36.4 Å². The summed E-state index contributed by atoms with van der Waals surface area (Å²) in [5.41, 5.74) is 6.36. The molecule has 0 aliphatic rings. The fourth-order valence-corrected chi connectivity index (χ4v) is 1.99. The third-order valence-electron chi connectivity index (χ3n) is 2.95. The summed E-state index contributed by atoms with van der Waals surface area (Å²) in [4.78, 5) is 0. The molecule has 2 aromatic rings. The number of ether oxygens (including phenoxy) is 2. The molecule has 0 unspecified atom stereocenters. The van der Waals surface area contributed by atoms with Gasteiger partial charge in [0, 0.05) is 5.56 Å². The lowest BCUT2D eigenvalue weighted by Gasteiger charge is -2.10. The van der Waals surface area contributed by atoms with Crippen molar-refractivity contribution in [3.05, 3.63) is 42.0 Å². The molecule has 0 aliphatic carbocycles. The Hall–Kier alpha value is -2.02. The Morgan fingerprint density at radius 2 is 1.81 bits per heavy atom. The third-order valence-corrected chi connectivity index (χ3v) is 2.95. The Morgan fingerprint density at radius 3 is 2.57 bits per heavy atom. The molecule has 0 atom stereocenters. The number of hydrogen-bond donors (Lipinski definition) is 1. The second kappa shape index (κ2) is 7.68. The van der Waals surface area contributed by atoms with E-state index in [2.05, 4.69) is 17.9 Å². The van der Waals surface area contributed by atoms with Crippen LogP contribution in [0.1, 0.15) is 19.4 Å². The van der Waals surface area contributed by atoms with Gasteiger partial charge in [-0.25, -0.2) is 0 Å².